The number of nitro benzene ring substituents is 1. The summed E-state index contributed by atoms with van der Waals surface area (Å²) in [7, 11) is 0. The van der Waals surface area contributed by atoms with Gasteiger partial charge in [0, 0.05) is 24.1 Å². The van der Waals surface area contributed by atoms with Gasteiger partial charge >= 0.3 is 0 Å². The van der Waals surface area contributed by atoms with Gasteiger partial charge in [-0.2, -0.15) is 0 Å². The van der Waals surface area contributed by atoms with Crippen molar-refractivity contribution in [1.29, 1.82) is 0 Å². The summed E-state index contributed by atoms with van der Waals surface area (Å²) < 4.78 is 13.4. The summed E-state index contributed by atoms with van der Waals surface area (Å²) in [5, 5.41) is 10.5. The number of non-ortho nitro benzene ring substituents is 1. The standard InChI is InChI=1S/C14H10FNO3/c15-13-4-2-1-3-11(13)9-14(17)10-5-7-12(8-6-10)16(18)19/h1-8H,9H2. The van der Waals surface area contributed by atoms with Crippen molar-refractivity contribution < 1.29 is 14.1 Å². The number of carbonyl (C=O) groups is 1. The van der Waals surface area contributed by atoms with Crippen LogP contribution in [-0.2, 0) is 6.42 Å². The fraction of sp³-hybridized carbons (Fsp3) is 0.0714. The van der Waals surface area contributed by atoms with Crippen molar-refractivity contribution in [3.63, 3.8) is 0 Å². The van der Waals surface area contributed by atoms with E-state index < -0.39 is 10.7 Å². The maximum absolute atomic E-state index is 13.4. The second kappa shape index (κ2) is 5.39. The van der Waals surface area contributed by atoms with E-state index in [4.69, 9.17) is 0 Å². The Balaban J connectivity index is 2.16. The average molecular weight is 259 g/mol. The predicted molar refractivity (Wildman–Crippen MR) is 67.5 cm³/mol. The van der Waals surface area contributed by atoms with Crippen LogP contribution in [0.5, 0.6) is 0 Å². The first-order valence-electron chi connectivity index (χ1n) is 5.59. The largest absolute Gasteiger partial charge is 0.294 e. The summed E-state index contributed by atoms with van der Waals surface area (Å²) in [5.41, 5.74) is 0.558. The molecule has 5 heteroatoms. The monoisotopic (exact) mass is 259 g/mol. The second-order valence-corrected chi connectivity index (χ2v) is 4.00. The molecule has 0 aliphatic rings. The molecule has 0 fully saturated rings. The second-order valence-electron chi connectivity index (χ2n) is 4.00. The van der Waals surface area contributed by atoms with Gasteiger partial charge in [-0.15, -0.1) is 0 Å². The van der Waals surface area contributed by atoms with E-state index in [0.29, 0.717) is 11.1 Å². The minimum atomic E-state index is -0.537. The van der Waals surface area contributed by atoms with Crippen molar-refractivity contribution >= 4 is 11.5 Å². The first-order valence-corrected chi connectivity index (χ1v) is 5.59. The maximum atomic E-state index is 13.4. The molecule has 96 valence electrons. The number of benzene rings is 2. The lowest BCUT2D eigenvalue weighted by Crippen LogP contribution is -2.05. The van der Waals surface area contributed by atoms with E-state index in [2.05, 4.69) is 0 Å². The molecule has 0 N–H and O–H groups in total. The lowest BCUT2D eigenvalue weighted by molar-refractivity contribution is -0.384. The van der Waals surface area contributed by atoms with Gasteiger partial charge < -0.3 is 0 Å². The molecule has 0 aliphatic heterocycles. The zero-order valence-corrected chi connectivity index (χ0v) is 9.88. The zero-order chi connectivity index (χ0) is 13.8. The Kier molecular flexibility index (Phi) is 3.66. The third-order valence-corrected chi connectivity index (χ3v) is 2.71. The maximum Gasteiger partial charge on any atom is 0.269 e. The first kappa shape index (κ1) is 12.9. The zero-order valence-electron chi connectivity index (χ0n) is 9.88. The van der Waals surface area contributed by atoms with Crippen LogP contribution in [-0.4, -0.2) is 10.7 Å². The molecule has 19 heavy (non-hydrogen) atoms. The van der Waals surface area contributed by atoms with Crippen LogP contribution in [0, 0.1) is 15.9 Å². The number of nitro groups is 1. The number of rotatable bonds is 4. The van der Waals surface area contributed by atoms with Crippen LogP contribution in [0.4, 0.5) is 10.1 Å². The molecule has 0 atom stereocenters. The molecule has 0 radical (unpaired) electrons. The van der Waals surface area contributed by atoms with Crippen LogP contribution in [0.15, 0.2) is 48.5 Å². The quantitative estimate of drug-likeness (QED) is 0.481. The fourth-order valence-electron chi connectivity index (χ4n) is 1.69. The van der Waals surface area contributed by atoms with Crippen LogP contribution in [0.2, 0.25) is 0 Å². The highest BCUT2D eigenvalue weighted by molar-refractivity contribution is 5.97. The Bertz CT molecular complexity index is 623. The molecule has 0 unspecified atom stereocenters. The Labute approximate surface area is 108 Å². The highest BCUT2D eigenvalue weighted by Gasteiger charge is 2.12. The first-order chi connectivity index (χ1) is 9.08. The number of ketones is 1. The lowest BCUT2D eigenvalue weighted by Gasteiger charge is -2.02. The van der Waals surface area contributed by atoms with E-state index in [0.717, 1.165) is 0 Å². The summed E-state index contributed by atoms with van der Waals surface area (Å²) >= 11 is 0. The number of Topliss-reactive ketones (excluding diaryl/α,β-unsaturated/α-hetero) is 1. The summed E-state index contributed by atoms with van der Waals surface area (Å²) in [6.45, 7) is 0. The smallest absolute Gasteiger partial charge is 0.269 e. The van der Waals surface area contributed by atoms with Crippen LogP contribution in [0.3, 0.4) is 0 Å². The minimum Gasteiger partial charge on any atom is -0.294 e. The van der Waals surface area contributed by atoms with Gasteiger partial charge in [-0.3, -0.25) is 14.9 Å². The molecule has 0 heterocycles. The van der Waals surface area contributed by atoms with Gasteiger partial charge in [0.25, 0.3) is 5.69 Å². The molecule has 0 bridgehead atoms. The molecule has 0 saturated carbocycles. The third kappa shape index (κ3) is 3.01. The SMILES string of the molecule is O=C(Cc1ccccc1F)c1ccc([N+](=O)[O-])cc1. The number of carbonyl (C=O) groups excluding carboxylic acids is 1. The Morgan fingerprint density at radius 3 is 2.32 bits per heavy atom. The van der Waals surface area contributed by atoms with Crippen LogP contribution in [0.1, 0.15) is 15.9 Å². The highest BCUT2D eigenvalue weighted by Crippen LogP contribution is 2.15. The number of halogens is 1. The fourth-order valence-corrected chi connectivity index (χ4v) is 1.69. The van der Waals surface area contributed by atoms with E-state index in [9.17, 15) is 19.3 Å². The molecule has 2 aromatic carbocycles. The molecule has 4 nitrogen and oxygen atoms in total. The van der Waals surface area contributed by atoms with E-state index in [-0.39, 0.29) is 17.9 Å². The Morgan fingerprint density at radius 1 is 1.11 bits per heavy atom. The van der Waals surface area contributed by atoms with Gasteiger partial charge in [-0.1, -0.05) is 18.2 Å². The topological polar surface area (TPSA) is 60.2 Å². The van der Waals surface area contributed by atoms with Crippen molar-refractivity contribution in [2.45, 2.75) is 6.42 Å². The van der Waals surface area contributed by atoms with Gasteiger partial charge in [0.1, 0.15) is 5.82 Å². The molecule has 0 saturated heterocycles. The molecule has 0 aliphatic carbocycles. The highest BCUT2D eigenvalue weighted by atomic mass is 19.1. The Morgan fingerprint density at radius 2 is 1.74 bits per heavy atom. The molecule has 0 amide bonds. The van der Waals surface area contributed by atoms with Gasteiger partial charge in [0.2, 0.25) is 0 Å². The van der Waals surface area contributed by atoms with Crippen molar-refractivity contribution in [3.8, 4) is 0 Å². The van der Waals surface area contributed by atoms with Crippen molar-refractivity contribution in [2.75, 3.05) is 0 Å². The molecule has 2 aromatic rings. The van der Waals surface area contributed by atoms with Crippen LogP contribution in [0.25, 0.3) is 0 Å². The van der Waals surface area contributed by atoms with E-state index >= 15 is 0 Å². The van der Waals surface area contributed by atoms with E-state index in [1.807, 2.05) is 0 Å². The van der Waals surface area contributed by atoms with Gasteiger partial charge in [0.15, 0.2) is 5.78 Å². The van der Waals surface area contributed by atoms with Crippen LogP contribution >= 0.6 is 0 Å². The van der Waals surface area contributed by atoms with Crippen molar-refractivity contribution in [2.24, 2.45) is 0 Å². The normalized spacial score (nSPS) is 10.2. The van der Waals surface area contributed by atoms with Gasteiger partial charge in [0.05, 0.1) is 4.92 Å². The molecule has 0 spiro atoms. The molecule has 0 aromatic heterocycles. The molecule has 2 rings (SSSR count). The minimum absolute atomic E-state index is 0.0650. The lowest BCUT2D eigenvalue weighted by atomic mass is 10.0. The number of hydrogen-bond donors (Lipinski definition) is 0. The van der Waals surface area contributed by atoms with E-state index in [1.165, 1.54) is 30.3 Å². The summed E-state index contributed by atoms with van der Waals surface area (Å²) in [5.74, 6) is -0.710. The number of hydrogen-bond acceptors (Lipinski definition) is 3. The average Bonchev–Trinajstić information content (AvgIpc) is 2.41. The summed E-state index contributed by atoms with van der Waals surface area (Å²) in [6, 6.07) is 11.3. The van der Waals surface area contributed by atoms with Crippen molar-refractivity contribution in [3.05, 3.63) is 75.6 Å². The predicted octanol–water partition coefficient (Wildman–Crippen LogP) is 3.16. The summed E-state index contributed by atoms with van der Waals surface area (Å²) in [4.78, 5) is 21.9. The Hall–Kier alpha value is -2.56. The van der Waals surface area contributed by atoms with Gasteiger partial charge in [-0.05, 0) is 23.8 Å². The molecular weight excluding hydrogens is 249 g/mol. The number of nitrogens with zero attached hydrogens (tertiary/aromatic N) is 1. The summed E-state index contributed by atoms with van der Waals surface area (Å²) in [6.07, 6.45) is -0.0650. The van der Waals surface area contributed by atoms with E-state index in [1.54, 1.807) is 18.2 Å². The van der Waals surface area contributed by atoms with Gasteiger partial charge in [-0.25, -0.2) is 4.39 Å². The van der Waals surface area contributed by atoms with Crippen molar-refractivity contribution in [1.82, 2.24) is 0 Å². The van der Waals surface area contributed by atoms with Crippen LogP contribution < -0.4 is 0 Å². The molecular formula is C14H10FNO3. The third-order valence-electron chi connectivity index (χ3n) is 2.71.